The number of carbonyl (C=O) groups is 4. The van der Waals surface area contributed by atoms with Crippen molar-refractivity contribution in [1.82, 2.24) is 15.1 Å². The van der Waals surface area contributed by atoms with Crippen LogP contribution in [0.4, 0.5) is 14.9 Å². The van der Waals surface area contributed by atoms with Gasteiger partial charge in [-0.3, -0.25) is 19.3 Å². The lowest BCUT2D eigenvalue weighted by molar-refractivity contribution is -0.141. The molecule has 2 N–H and O–H groups in total. The fourth-order valence-corrected chi connectivity index (χ4v) is 5.79. The molecule has 8 nitrogen and oxygen atoms in total. The van der Waals surface area contributed by atoms with E-state index in [1.54, 1.807) is 0 Å². The third-order valence-electron chi connectivity index (χ3n) is 7.46. The molecule has 4 rings (SSSR count). The van der Waals surface area contributed by atoms with E-state index in [1.165, 1.54) is 21.9 Å². The van der Waals surface area contributed by atoms with E-state index >= 15 is 0 Å². The molecule has 1 aromatic rings. The SMILES string of the molecule is O=C(CN1C(=O)N(CCCCC(=O)NC2CCCC2)C(=O)C2CCCCC21)Nc1ccc(F)c(Cl)c1. The van der Waals surface area contributed by atoms with Crippen molar-refractivity contribution >= 4 is 41.0 Å². The summed E-state index contributed by atoms with van der Waals surface area (Å²) in [5.41, 5.74) is 0.333. The van der Waals surface area contributed by atoms with Gasteiger partial charge in [-0.1, -0.05) is 37.3 Å². The van der Waals surface area contributed by atoms with E-state index in [0.717, 1.165) is 44.6 Å². The van der Waals surface area contributed by atoms with E-state index in [0.29, 0.717) is 37.8 Å². The summed E-state index contributed by atoms with van der Waals surface area (Å²) in [6.45, 7) is 0.0197. The number of carbonyl (C=O) groups excluding carboxylic acids is 4. The minimum atomic E-state index is -0.587. The van der Waals surface area contributed by atoms with Crippen molar-refractivity contribution < 1.29 is 23.6 Å². The zero-order chi connectivity index (χ0) is 25.7. The molecule has 2 unspecified atom stereocenters. The molecule has 196 valence electrons. The Morgan fingerprint density at radius 3 is 2.47 bits per heavy atom. The molecule has 36 heavy (non-hydrogen) atoms. The smallest absolute Gasteiger partial charge is 0.327 e. The second kappa shape index (κ2) is 12.0. The van der Waals surface area contributed by atoms with E-state index in [4.69, 9.17) is 11.6 Å². The van der Waals surface area contributed by atoms with Gasteiger partial charge in [-0.2, -0.15) is 0 Å². The Balaban J connectivity index is 1.34. The Morgan fingerprint density at radius 1 is 1.00 bits per heavy atom. The third kappa shape index (κ3) is 6.35. The van der Waals surface area contributed by atoms with Crippen molar-refractivity contribution in [2.24, 2.45) is 5.92 Å². The number of hydrogen-bond donors (Lipinski definition) is 2. The van der Waals surface area contributed by atoms with Crippen LogP contribution in [0.3, 0.4) is 0 Å². The van der Waals surface area contributed by atoms with Gasteiger partial charge in [0, 0.05) is 30.7 Å². The molecular weight excluding hydrogens is 487 g/mol. The molecule has 2 aliphatic carbocycles. The number of benzene rings is 1. The first kappa shape index (κ1) is 26.4. The lowest BCUT2D eigenvalue weighted by atomic mass is 9.81. The lowest BCUT2D eigenvalue weighted by Crippen LogP contribution is -2.63. The van der Waals surface area contributed by atoms with Crippen molar-refractivity contribution in [3.63, 3.8) is 0 Å². The third-order valence-corrected chi connectivity index (χ3v) is 7.75. The molecule has 5 amide bonds. The highest BCUT2D eigenvalue weighted by Crippen LogP contribution is 2.34. The molecule has 10 heteroatoms. The molecule has 0 bridgehead atoms. The molecule has 1 aliphatic heterocycles. The van der Waals surface area contributed by atoms with Gasteiger partial charge in [-0.15, -0.1) is 0 Å². The quantitative estimate of drug-likeness (QED) is 0.469. The number of rotatable bonds is 9. The number of halogens is 2. The highest BCUT2D eigenvalue weighted by Gasteiger charge is 2.47. The van der Waals surface area contributed by atoms with E-state index in [1.807, 2.05) is 0 Å². The zero-order valence-electron chi connectivity index (χ0n) is 20.4. The summed E-state index contributed by atoms with van der Waals surface area (Å²) in [4.78, 5) is 54.2. The molecular formula is C26H34ClFN4O4. The summed E-state index contributed by atoms with van der Waals surface area (Å²) in [7, 11) is 0. The maximum absolute atomic E-state index is 13.4. The van der Waals surface area contributed by atoms with Crippen LogP contribution >= 0.6 is 11.6 Å². The van der Waals surface area contributed by atoms with Crippen LogP contribution in [-0.4, -0.2) is 58.7 Å². The molecule has 0 aromatic heterocycles. The van der Waals surface area contributed by atoms with Crippen LogP contribution in [0.25, 0.3) is 0 Å². The van der Waals surface area contributed by atoms with Crippen molar-refractivity contribution in [2.75, 3.05) is 18.4 Å². The van der Waals surface area contributed by atoms with Gasteiger partial charge in [0.2, 0.25) is 17.7 Å². The van der Waals surface area contributed by atoms with Crippen LogP contribution in [-0.2, 0) is 14.4 Å². The van der Waals surface area contributed by atoms with Gasteiger partial charge in [0.25, 0.3) is 0 Å². The Hall–Kier alpha value is -2.68. The summed E-state index contributed by atoms with van der Waals surface area (Å²) < 4.78 is 13.4. The minimum absolute atomic E-state index is 0.0183. The predicted molar refractivity (Wildman–Crippen MR) is 134 cm³/mol. The molecule has 2 saturated carbocycles. The Labute approximate surface area is 215 Å². The summed E-state index contributed by atoms with van der Waals surface area (Å²) >= 11 is 5.80. The first-order chi connectivity index (χ1) is 17.3. The number of unbranched alkanes of at least 4 members (excludes halogenated alkanes) is 1. The summed E-state index contributed by atoms with van der Waals surface area (Å²) in [5.74, 6) is -1.51. The second-order valence-corrected chi connectivity index (χ2v) is 10.4. The summed E-state index contributed by atoms with van der Waals surface area (Å²) in [6, 6.07) is 3.38. The Bertz CT molecular complexity index is 1000. The van der Waals surface area contributed by atoms with E-state index < -0.39 is 17.8 Å². The first-order valence-corrected chi connectivity index (χ1v) is 13.4. The number of nitrogens with one attached hydrogen (secondary N) is 2. The second-order valence-electron chi connectivity index (χ2n) is 10.0. The maximum Gasteiger partial charge on any atom is 0.327 e. The van der Waals surface area contributed by atoms with E-state index in [9.17, 15) is 23.6 Å². The van der Waals surface area contributed by atoms with Gasteiger partial charge in [0.15, 0.2) is 0 Å². The maximum atomic E-state index is 13.4. The van der Waals surface area contributed by atoms with Crippen LogP contribution < -0.4 is 10.6 Å². The minimum Gasteiger partial charge on any atom is -0.353 e. The number of fused-ring (bicyclic) bond motifs is 1. The number of imide groups is 1. The van der Waals surface area contributed by atoms with E-state index in [2.05, 4.69) is 10.6 Å². The molecule has 3 fully saturated rings. The molecule has 0 spiro atoms. The van der Waals surface area contributed by atoms with Crippen LogP contribution in [0.5, 0.6) is 0 Å². The van der Waals surface area contributed by atoms with Crippen LogP contribution in [0.1, 0.15) is 70.6 Å². The molecule has 1 saturated heterocycles. The number of nitrogens with zero attached hydrogens (tertiary/aromatic N) is 2. The Morgan fingerprint density at radius 2 is 1.72 bits per heavy atom. The van der Waals surface area contributed by atoms with Gasteiger partial charge in [-0.25, -0.2) is 9.18 Å². The van der Waals surface area contributed by atoms with Gasteiger partial charge in [0.05, 0.1) is 10.9 Å². The average molecular weight is 521 g/mol. The highest BCUT2D eigenvalue weighted by molar-refractivity contribution is 6.31. The normalized spacial score (nSPS) is 22.5. The van der Waals surface area contributed by atoms with Gasteiger partial charge >= 0.3 is 6.03 Å². The predicted octanol–water partition coefficient (Wildman–Crippen LogP) is 4.47. The lowest BCUT2D eigenvalue weighted by Gasteiger charge is -2.46. The summed E-state index contributed by atoms with van der Waals surface area (Å²) in [5, 5.41) is 5.61. The summed E-state index contributed by atoms with van der Waals surface area (Å²) in [6.07, 6.45) is 8.99. The van der Waals surface area contributed by atoms with Crippen molar-refractivity contribution in [2.45, 2.75) is 82.7 Å². The van der Waals surface area contributed by atoms with Crippen molar-refractivity contribution in [3.05, 3.63) is 29.0 Å². The largest absolute Gasteiger partial charge is 0.353 e. The molecule has 1 aromatic carbocycles. The standard InChI is InChI=1S/C26H34ClFN4O4/c27-20-15-18(12-13-21(20)28)30-24(34)16-32-22-10-4-3-9-19(22)25(35)31(26(32)36)14-6-5-11-23(33)29-17-7-1-2-8-17/h12-13,15,17,19,22H,1-11,14,16H2,(H,29,33)(H,30,34). The zero-order valence-corrected chi connectivity index (χ0v) is 21.2. The van der Waals surface area contributed by atoms with Gasteiger partial charge in [0.1, 0.15) is 12.4 Å². The Kier molecular flexibility index (Phi) is 8.82. The van der Waals surface area contributed by atoms with Crippen LogP contribution in [0.15, 0.2) is 18.2 Å². The molecule has 3 aliphatic rings. The van der Waals surface area contributed by atoms with Gasteiger partial charge < -0.3 is 15.5 Å². The fourth-order valence-electron chi connectivity index (χ4n) is 5.61. The fraction of sp³-hybridized carbons (Fsp3) is 0.615. The number of hydrogen-bond acceptors (Lipinski definition) is 4. The van der Waals surface area contributed by atoms with Crippen LogP contribution in [0.2, 0.25) is 5.02 Å². The average Bonchev–Trinajstić information content (AvgIpc) is 3.36. The number of anilines is 1. The molecule has 2 atom stereocenters. The monoisotopic (exact) mass is 520 g/mol. The highest BCUT2D eigenvalue weighted by atomic mass is 35.5. The van der Waals surface area contributed by atoms with Crippen molar-refractivity contribution in [1.29, 1.82) is 0 Å². The topological polar surface area (TPSA) is 98.8 Å². The van der Waals surface area contributed by atoms with Crippen molar-refractivity contribution in [3.8, 4) is 0 Å². The van der Waals surface area contributed by atoms with Crippen LogP contribution in [0, 0.1) is 11.7 Å². The van der Waals surface area contributed by atoms with E-state index in [-0.39, 0.29) is 47.9 Å². The number of amides is 5. The van der Waals surface area contributed by atoms with Gasteiger partial charge in [-0.05, 0) is 56.7 Å². The molecule has 1 heterocycles. The first-order valence-electron chi connectivity index (χ1n) is 13.0. The molecule has 0 radical (unpaired) electrons. The number of urea groups is 1.